The van der Waals surface area contributed by atoms with Crippen LogP contribution in [-0.4, -0.2) is 135 Å². The van der Waals surface area contributed by atoms with Crippen LogP contribution in [0.25, 0.3) is 10.4 Å². The quantitative estimate of drug-likeness (QED) is 0.0854. The number of amides is 3. The molecule has 1 aromatic carbocycles. The number of nitrogens with zero attached hydrogens (tertiary/aromatic N) is 2. The Hall–Kier alpha value is -3.77. The lowest BCUT2D eigenvalue weighted by Crippen LogP contribution is -2.58. The number of aliphatic carboxylic acids is 1. The molecule has 1 saturated heterocycles. The first-order chi connectivity index (χ1) is 25.4. The van der Waals surface area contributed by atoms with Crippen molar-refractivity contribution in [2.24, 2.45) is 5.41 Å². The largest absolute Gasteiger partial charge is 0.478 e. The van der Waals surface area contributed by atoms with Crippen LogP contribution >= 0.6 is 11.3 Å². The molecule has 0 bridgehead atoms. The monoisotopic (exact) mass is 762 g/mol. The number of aryl methyl sites for hydroxylation is 1. The normalized spacial score (nSPS) is 16.6. The van der Waals surface area contributed by atoms with Crippen molar-refractivity contribution >= 4 is 35.0 Å². The van der Waals surface area contributed by atoms with E-state index in [-0.39, 0.29) is 51.8 Å². The van der Waals surface area contributed by atoms with Gasteiger partial charge in [-0.25, -0.2) is 9.78 Å². The summed E-state index contributed by atoms with van der Waals surface area (Å²) in [5.41, 5.74) is 4.06. The van der Waals surface area contributed by atoms with Crippen molar-refractivity contribution < 1.29 is 53.1 Å². The lowest BCUT2D eigenvalue weighted by molar-refractivity contribution is -0.145. The van der Waals surface area contributed by atoms with Gasteiger partial charge in [0, 0.05) is 25.6 Å². The number of rotatable bonds is 25. The van der Waals surface area contributed by atoms with Gasteiger partial charge in [-0.05, 0) is 29.9 Å². The first kappa shape index (κ1) is 43.6. The van der Waals surface area contributed by atoms with Crippen molar-refractivity contribution in [1.29, 1.82) is 0 Å². The van der Waals surface area contributed by atoms with E-state index >= 15 is 0 Å². The van der Waals surface area contributed by atoms with Gasteiger partial charge in [0.15, 0.2) is 0 Å². The van der Waals surface area contributed by atoms with Gasteiger partial charge >= 0.3 is 5.97 Å². The molecule has 0 aliphatic carbocycles. The number of carbonyl (C=O) groups is 4. The average Bonchev–Trinajstić information content (AvgIpc) is 3.75. The molecule has 0 radical (unpaired) electrons. The van der Waals surface area contributed by atoms with E-state index in [1.54, 1.807) is 11.3 Å². The highest BCUT2D eigenvalue weighted by Gasteiger charge is 2.45. The number of benzene rings is 1. The van der Waals surface area contributed by atoms with Crippen LogP contribution in [-0.2, 0) is 49.4 Å². The molecule has 1 aliphatic rings. The minimum Gasteiger partial charge on any atom is -0.478 e. The lowest BCUT2D eigenvalue weighted by Gasteiger charge is -2.37. The zero-order valence-corrected chi connectivity index (χ0v) is 31.9. The second kappa shape index (κ2) is 23.1. The Balaban J connectivity index is 1.36. The number of likely N-dealkylation sites (tertiary alicyclic amines) is 1. The first-order valence-corrected chi connectivity index (χ1v) is 18.6. The molecular formula is C37H54N4O11S. The molecule has 2 aromatic rings. The molecule has 53 heavy (non-hydrogen) atoms. The summed E-state index contributed by atoms with van der Waals surface area (Å²) < 4.78 is 26.9. The van der Waals surface area contributed by atoms with E-state index in [2.05, 4.69) is 15.6 Å². The number of hydrogen-bond acceptors (Lipinski definition) is 12. The third kappa shape index (κ3) is 15.2. The highest BCUT2D eigenvalue weighted by Crippen LogP contribution is 2.30. The molecule has 0 saturated carbocycles. The summed E-state index contributed by atoms with van der Waals surface area (Å²) in [6.45, 7) is 10.3. The van der Waals surface area contributed by atoms with Gasteiger partial charge in [0.25, 0.3) is 0 Å². The smallest absolute Gasteiger partial charge is 0.328 e. The number of carboxylic acid groups (broad SMARTS) is 1. The second-order valence-electron chi connectivity index (χ2n) is 13.1. The Labute approximate surface area is 315 Å². The van der Waals surface area contributed by atoms with Crippen LogP contribution in [0, 0.1) is 12.3 Å². The van der Waals surface area contributed by atoms with Gasteiger partial charge in [0.2, 0.25) is 17.7 Å². The minimum atomic E-state index is -1.02. The van der Waals surface area contributed by atoms with Crippen molar-refractivity contribution in [1.82, 2.24) is 20.5 Å². The van der Waals surface area contributed by atoms with E-state index in [0.29, 0.717) is 46.1 Å². The number of β-amino-alcohol motifs (C(OH)–C–C–N with tert-alkyl or cyclic N) is 1. The highest BCUT2D eigenvalue weighted by atomic mass is 32.1. The van der Waals surface area contributed by atoms with Crippen molar-refractivity contribution in [3.05, 3.63) is 53.2 Å². The Kier molecular flexibility index (Phi) is 19.0. The van der Waals surface area contributed by atoms with Gasteiger partial charge in [0.1, 0.15) is 18.7 Å². The Morgan fingerprint density at radius 3 is 2.15 bits per heavy atom. The number of carbonyl (C=O) groups excluding carboxylic acids is 3. The van der Waals surface area contributed by atoms with E-state index in [1.807, 2.05) is 57.5 Å². The van der Waals surface area contributed by atoms with E-state index in [9.17, 15) is 24.3 Å². The second-order valence-corrected chi connectivity index (χ2v) is 14.0. The third-order valence-electron chi connectivity index (χ3n) is 8.73. The topological polar surface area (TPSA) is 195 Å². The van der Waals surface area contributed by atoms with Crippen LogP contribution in [0.3, 0.4) is 0 Å². The summed E-state index contributed by atoms with van der Waals surface area (Å²) in [6.07, 6.45) is 2.23. The molecular weight excluding hydrogens is 708 g/mol. The molecule has 16 heteroatoms. The Morgan fingerprint density at radius 2 is 1.58 bits per heavy atom. The summed E-state index contributed by atoms with van der Waals surface area (Å²) in [5.74, 6) is -2.30. The molecule has 294 valence electrons. The molecule has 1 aromatic heterocycles. The number of aliphatic hydroxyl groups is 1. The fraction of sp³-hybridized carbons (Fsp3) is 0.595. The number of aromatic nitrogens is 1. The Bertz CT molecular complexity index is 1470. The van der Waals surface area contributed by atoms with Crippen LogP contribution < -0.4 is 10.6 Å². The van der Waals surface area contributed by atoms with E-state index in [1.165, 1.54) is 11.0 Å². The van der Waals surface area contributed by atoms with E-state index in [0.717, 1.165) is 27.8 Å². The molecule has 3 rings (SSSR count). The van der Waals surface area contributed by atoms with Crippen LogP contribution in [0.5, 0.6) is 0 Å². The molecule has 1 aliphatic heterocycles. The van der Waals surface area contributed by atoms with Crippen molar-refractivity contribution in [3.8, 4) is 10.4 Å². The van der Waals surface area contributed by atoms with Gasteiger partial charge in [-0.3, -0.25) is 14.4 Å². The van der Waals surface area contributed by atoms with Crippen LogP contribution in [0.1, 0.15) is 44.9 Å². The number of thiazole rings is 1. The SMILES string of the molecule is CCC(C)(C)[C@H](NC(=O)COCCOCCOCCOCCOC/C=C/C(=O)O)C(=O)N1C[C@H](O)C[C@H]1C(=O)NCc1ccc(-c2scnc2C)cc1. The maximum Gasteiger partial charge on any atom is 0.328 e. The molecule has 15 nitrogen and oxygen atoms in total. The minimum absolute atomic E-state index is 0.0128. The fourth-order valence-electron chi connectivity index (χ4n) is 5.37. The predicted molar refractivity (Wildman–Crippen MR) is 197 cm³/mol. The number of ether oxygens (including phenoxy) is 5. The zero-order chi connectivity index (χ0) is 38.6. The molecule has 1 fully saturated rings. The summed E-state index contributed by atoms with van der Waals surface area (Å²) in [5, 5.41) is 24.7. The summed E-state index contributed by atoms with van der Waals surface area (Å²) >= 11 is 1.57. The number of nitrogens with one attached hydrogen (secondary N) is 2. The van der Waals surface area contributed by atoms with Crippen LogP contribution in [0.4, 0.5) is 0 Å². The molecule has 4 N–H and O–H groups in total. The fourth-order valence-corrected chi connectivity index (χ4v) is 6.18. The van der Waals surface area contributed by atoms with Crippen LogP contribution in [0.2, 0.25) is 0 Å². The zero-order valence-electron chi connectivity index (χ0n) is 31.0. The standard InChI is InChI=1S/C37H54N4O11S/c1-5-37(3,4)34(40-31(43)24-52-20-19-51-18-17-50-16-15-49-14-13-48-12-6-7-32(44)45)36(47)41-23-29(42)21-30(41)35(46)38-22-27-8-10-28(11-9-27)33-26(2)39-25-53-33/h6-11,25,29-30,34,42H,5,12-24H2,1-4H3,(H,38,46)(H,40,43)(H,44,45)/b7-6+/t29-,30+,34-/m1/s1. The number of carboxylic acids is 1. The van der Waals surface area contributed by atoms with Gasteiger partial charge in [-0.2, -0.15) is 0 Å². The number of hydrogen-bond donors (Lipinski definition) is 4. The summed E-state index contributed by atoms with van der Waals surface area (Å²) in [6, 6.07) is 6.02. The molecule has 3 atom stereocenters. The Morgan fingerprint density at radius 1 is 0.981 bits per heavy atom. The van der Waals surface area contributed by atoms with Gasteiger partial charge < -0.3 is 49.4 Å². The average molecular weight is 763 g/mol. The highest BCUT2D eigenvalue weighted by molar-refractivity contribution is 7.13. The molecule has 2 heterocycles. The first-order valence-electron chi connectivity index (χ1n) is 17.8. The van der Waals surface area contributed by atoms with Crippen molar-refractivity contribution in [2.75, 3.05) is 72.6 Å². The van der Waals surface area contributed by atoms with Crippen LogP contribution in [0.15, 0.2) is 41.9 Å². The molecule has 0 unspecified atom stereocenters. The summed E-state index contributed by atoms with van der Waals surface area (Å²) in [7, 11) is 0. The molecule has 3 amide bonds. The number of aliphatic hydroxyl groups excluding tert-OH is 1. The van der Waals surface area contributed by atoms with Gasteiger partial charge in [-0.15, -0.1) is 11.3 Å². The maximum absolute atomic E-state index is 14.0. The predicted octanol–water partition coefficient (Wildman–Crippen LogP) is 2.34. The van der Waals surface area contributed by atoms with E-state index in [4.69, 9.17) is 28.8 Å². The van der Waals surface area contributed by atoms with E-state index < -0.39 is 41.4 Å². The molecule has 0 spiro atoms. The summed E-state index contributed by atoms with van der Waals surface area (Å²) in [4.78, 5) is 57.4. The lowest BCUT2D eigenvalue weighted by atomic mass is 9.81. The van der Waals surface area contributed by atoms with Gasteiger partial charge in [-0.1, -0.05) is 51.1 Å². The van der Waals surface area contributed by atoms with Crippen molar-refractivity contribution in [3.63, 3.8) is 0 Å². The van der Waals surface area contributed by atoms with Gasteiger partial charge in [0.05, 0.1) is 81.6 Å². The third-order valence-corrected chi connectivity index (χ3v) is 9.71. The van der Waals surface area contributed by atoms with Crippen molar-refractivity contribution in [2.45, 2.75) is 65.3 Å². The maximum atomic E-state index is 14.0.